The predicted molar refractivity (Wildman–Crippen MR) is 70.1 cm³/mol. The van der Waals surface area contributed by atoms with Crippen LogP contribution in [-0.2, 0) is 0 Å². The van der Waals surface area contributed by atoms with E-state index in [1.165, 1.54) is 0 Å². The number of aryl methyl sites for hydroxylation is 1. The second-order valence-corrected chi connectivity index (χ2v) is 4.92. The van der Waals surface area contributed by atoms with Gasteiger partial charge in [-0.05, 0) is 37.5 Å². The Hall–Kier alpha value is -0.730. The van der Waals surface area contributed by atoms with Crippen molar-refractivity contribution < 1.29 is 0 Å². The van der Waals surface area contributed by atoms with E-state index < -0.39 is 0 Å². The molecule has 1 heterocycles. The first-order valence-corrected chi connectivity index (χ1v) is 6.16. The van der Waals surface area contributed by atoms with Crippen molar-refractivity contribution in [2.24, 2.45) is 0 Å². The summed E-state index contributed by atoms with van der Waals surface area (Å²) in [5.74, 6) is 0.632. The fourth-order valence-electron chi connectivity index (χ4n) is 1.94. The summed E-state index contributed by atoms with van der Waals surface area (Å²) in [4.78, 5) is 1.96. The number of nitrogens with zero attached hydrogens (tertiary/aromatic N) is 1. The van der Waals surface area contributed by atoms with Crippen LogP contribution in [-0.4, -0.2) is 12.4 Å². The molecule has 0 atom stereocenters. The van der Waals surface area contributed by atoms with E-state index in [9.17, 15) is 0 Å². The second kappa shape index (κ2) is 4.64. The molecule has 1 aromatic carbocycles. The topological polar surface area (TPSA) is 27.1 Å². The highest BCUT2D eigenvalue weighted by Crippen LogP contribution is 2.33. The van der Waals surface area contributed by atoms with Gasteiger partial charge in [0.1, 0.15) is 5.84 Å². The molecule has 1 N–H and O–H groups in total. The Labute approximate surface area is 106 Å². The Balaban J connectivity index is 2.39. The van der Waals surface area contributed by atoms with Crippen molar-refractivity contribution in [3.8, 4) is 0 Å². The number of piperidine rings is 1. The van der Waals surface area contributed by atoms with Crippen molar-refractivity contribution in [1.29, 1.82) is 5.41 Å². The van der Waals surface area contributed by atoms with Crippen molar-refractivity contribution in [3.63, 3.8) is 0 Å². The van der Waals surface area contributed by atoms with Crippen LogP contribution in [0.5, 0.6) is 0 Å². The number of nitrogens with one attached hydrogen (secondary N) is 1. The fraction of sp³-hybridized carbons (Fsp3) is 0.417. The first-order valence-electron chi connectivity index (χ1n) is 5.40. The van der Waals surface area contributed by atoms with Gasteiger partial charge < -0.3 is 4.90 Å². The largest absolute Gasteiger partial charge is 0.329 e. The molecule has 16 heavy (non-hydrogen) atoms. The van der Waals surface area contributed by atoms with Crippen LogP contribution in [0.2, 0.25) is 10.0 Å². The number of anilines is 1. The Morgan fingerprint density at radius 3 is 2.62 bits per heavy atom. The molecule has 1 aliphatic rings. The van der Waals surface area contributed by atoms with Gasteiger partial charge in [-0.3, -0.25) is 5.41 Å². The van der Waals surface area contributed by atoms with Gasteiger partial charge in [0.25, 0.3) is 0 Å². The van der Waals surface area contributed by atoms with Gasteiger partial charge in [0.05, 0.1) is 10.7 Å². The van der Waals surface area contributed by atoms with E-state index in [1.807, 2.05) is 24.0 Å². The van der Waals surface area contributed by atoms with Gasteiger partial charge >= 0.3 is 0 Å². The standard InChI is InChI=1S/C12H14Cl2N2/c1-8-6-10(14)11(7-9(8)13)16-5-3-2-4-12(16)15/h6-7,15H,2-5H2,1H3. The fourth-order valence-corrected chi connectivity index (χ4v) is 2.42. The Bertz CT molecular complexity index is 429. The van der Waals surface area contributed by atoms with Crippen LogP contribution in [0.1, 0.15) is 24.8 Å². The summed E-state index contributed by atoms with van der Waals surface area (Å²) in [5.41, 5.74) is 1.83. The lowest BCUT2D eigenvalue weighted by Crippen LogP contribution is -2.34. The highest BCUT2D eigenvalue weighted by Gasteiger charge is 2.19. The van der Waals surface area contributed by atoms with Gasteiger partial charge in [0.15, 0.2) is 0 Å². The minimum atomic E-state index is 0.632. The summed E-state index contributed by atoms with van der Waals surface area (Å²) in [6.45, 7) is 2.79. The van der Waals surface area contributed by atoms with Crippen LogP contribution in [0.4, 0.5) is 5.69 Å². The molecule has 0 amide bonds. The van der Waals surface area contributed by atoms with Crippen molar-refractivity contribution in [2.75, 3.05) is 11.4 Å². The van der Waals surface area contributed by atoms with Crippen molar-refractivity contribution in [1.82, 2.24) is 0 Å². The molecule has 4 heteroatoms. The Kier molecular flexibility index (Phi) is 3.41. The first kappa shape index (κ1) is 11.7. The maximum Gasteiger partial charge on any atom is 0.100 e. The molecule has 0 radical (unpaired) electrons. The quantitative estimate of drug-likeness (QED) is 0.799. The molecule has 1 aromatic rings. The molecule has 86 valence electrons. The zero-order chi connectivity index (χ0) is 11.7. The van der Waals surface area contributed by atoms with E-state index in [0.29, 0.717) is 15.9 Å². The number of hydrogen-bond acceptors (Lipinski definition) is 1. The molecule has 1 aliphatic heterocycles. The molecule has 0 unspecified atom stereocenters. The lowest BCUT2D eigenvalue weighted by Gasteiger charge is -2.30. The molecule has 0 aliphatic carbocycles. The third-order valence-corrected chi connectivity index (χ3v) is 3.60. The lowest BCUT2D eigenvalue weighted by atomic mass is 10.1. The zero-order valence-corrected chi connectivity index (χ0v) is 10.7. The Morgan fingerprint density at radius 1 is 1.19 bits per heavy atom. The first-order chi connectivity index (χ1) is 7.59. The average molecular weight is 257 g/mol. The molecule has 1 fully saturated rings. The van der Waals surface area contributed by atoms with Crippen LogP contribution in [0.15, 0.2) is 12.1 Å². The second-order valence-electron chi connectivity index (χ2n) is 4.11. The predicted octanol–water partition coefficient (Wildman–Crippen LogP) is 4.27. The van der Waals surface area contributed by atoms with Gasteiger partial charge in [0, 0.05) is 18.0 Å². The van der Waals surface area contributed by atoms with Crippen LogP contribution >= 0.6 is 23.2 Å². The number of rotatable bonds is 1. The normalized spacial score (nSPS) is 16.7. The summed E-state index contributed by atoms with van der Waals surface area (Å²) in [5, 5.41) is 9.31. The van der Waals surface area contributed by atoms with E-state index in [2.05, 4.69) is 0 Å². The minimum absolute atomic E-state index is 0.632. The molecule has 2 rings (SSSR count). The monoisotopic (exact) mass is 256 g/mol. The molecular weight excluding hydrogens is 243 g/mol. The molecular formula is C12H14Cl2N2. The molecule has 0 saturated carbocycles. The molecule has 0 bridgehead atoms. The minimum Gasteiger partial charge on any atom is -0.329 e. The summed E-state index contributed by atoms with van der Waals surface area (Å²) in [6.07, 6.45) is 3.01. The van der Waals surface area contributed by atoms with Gasteiger partial charge in [0.2, 0.25) is 0 Å². The highest BCUT2D eigenvalue weighted by atomic mass is 35.5. The van der Waals surface area contributed by atoms with Crippen LogP contribution in [0.25, 0.3) is 0 Å². The van der Waals surface area contributed by atoms with E-state index in [1.54, 1.807) is 0 Å². The smallest absolute Gasteiger partial charge is 0.100 e. The van der Waals surface area contributed by atoms with E-state index in [0.717, 1.165) is 37.1 Å². The van der Waals surface area contributed by atoms with E-state index in [4.69, 9.17) is 28.6 Å². The molecule has 0 spiro atoms. The number of hydrogen-bond donors (Lipinski definition) is 1. The molecule has 0 aromatic heterocycles. The molecule has 2 nitrogen and oxygen atoms in total. The summed E-state index contributed by atoms with van der Waals surface area (Å²) in [7, 11) is 0. The van der Waals surface area contributed by atoms with Gasteiger partial charge in [-0.15, -0.1) is 0 Å². The van der Waals surface area contributed by atoms with Crippen molar-refractivity contribution >= 4 is 34.7 Å². The summed E-state index contributed by atoms with van der Waals surface area (Å²) < 4.78 is 0. The third-order valence-electron chi connectivity index (χ3n) is 2.89. The molecule has 1 saturated heterocycles. The SMILES string of the molecule is Cc1cc(Cl)c(N2CCCCC2=N)cc1Cl. The number of halogens is 2. The highest BCUT2D eigenvalue weighted by molar-refractivity contribution is 6.36. The Morgan fingerprint density at radius 2 is 1.94 bits per heavy atom. The van der Waals surface area contributed by atoms with Gasteiger partial charge in [-0.1, -0.05) is 23.2 Å². The van der Waals surface area contributed by atoms with E-state index in [-0.39, 0.29) is 0 Å². The zero-order valence-electron chi connectivity index (χ0n) is 9.19. The van der Waals surface area contributed by atoms with Gasteiger partial charge in [-0.25, -0.2) is 0 Å². The lowest BCUT2D eigenvalue weighted by molar-refractivity contribution is 0.707. The van der Waals surface area contributed by atoms with E-state index >= 15 is 0 Å². The van der Waals surface area contributed by atoms with Crippen LogP contribution in [0.3, 0.4) is 0 Å². The maximum atomic E-state index is 7.93. The van der Waals surface area contributed by atoms with Gasteiger partial charge in [-0.2, -0.15) is 0 Å². The van der Waals surface area contributed by atoms with Crippen LogP contribution < -0.4 is 4.90 Å². The van der Waals surface area contributed by atoms with Crippen LogP contribution in [0, 0.1) is 12.3 Å². The maximum absolute atomic E-state index is 7.93. The van der Waals surface area contributed by atoms with Crippen molar-refractivity contribution in [3.05, 3.63) is 27.7 Å². The average Bonchev–Trinajstić information content (AvgIpc) is 2.25. The number of benzene rings is 1. The third kappa shape index (κ3) is 2.18. The number of amidine groups is 1. The summed E-state index contributed by atoms with van der Waals surface area (Å²) in [6, 6.07) is 3.72. The van der Waals surface area contributed by atoms with Crippen molar-refractivity contribution in [2.45, 2.75) is 26.2 Å². The summed E-state index contributed by atoms with van der Waals surface area (Å²) >= 11 is 12.3.